The summed E-state index contributed by atoms with van der Waals surface area (Å²) in [7, 11) is 0. The van der Waals surface area contributed by atoms with E-state index in [-0.39, 0.29) is 17.5 Å². The van der Waals surface area contributed by atoms with Crippen molar-refractivity contribution in [2.24, 2.45) is 11.7 Å². The first-order valence-corrected chi connectivity index (χ1v) is 4.46. The normalized spacial score (nSPS) is 12.9. The van der Waals surface area contributed by atoms with E-state index in [2.05, 4.69) is 4.98 Å². The molecule has 1 rings (SSSR count). The lowest BCUT2D eigenvalue weighted by atomic mass is 9.94. The zero-order valence-corrected chi connectivity index (χ0v) is 8.27. The second-order valence-electron chi connectivity index (χ2n) is 3.54. The van der Waals surface area contributed by atoms with Crippen LogP contribution >= 0.6 is 0 Å². The highest BCUT2D eigenvalue weighted by molar-refractivity contribution is 5.89. The highest BCUT2D eigenvalue weighted by Gasteiger charge is 2.17. The van der Waals surface area contributed by atoms with Gasteiger partial charge in [0.15, 0.2) is 0 Å². The fourth-order valence-corrected chi connectivity index (χ4v) is 1.23. The molecule has 0 saturated carbocycles. The van der Waals surface area contributed by atoms with Crippen molar-refractivity contribution in [2.45, 2.75) is 19.9 Å². The Morgan fingerprint density at radius 3 is 2.71 bits per heavy atom. The van der Waals surface area contributed by atoms with Crippen LogP contribution in [-0.4, -0.2) is 16.1 Å². The number of carbonyl (C=O) groups is 1. The second-order valence-corrected chi connectivity index (χ2v) is 3.54. The van der Waals surface area contributed by atoms with Crippen LogP contribution in [0.1, 0.15) is 35.8 Å². The summed E-state index contributed by atoms with van der Waals surface area (Å²) < 4.78 is 0. The van der Waals surface area contributed by atoms with Crippen LogP contribution in [0.25, 0.3) is 0 Å². The third-order valence-electron chi connectivity index (χ3n) is 2.16. The summed E-state index contributed by atoms with van der Waals surface area (Å²) in [5.41, 5.74) is 6.72. The number of pyridine rings is 1. The number of aromatic nitrogens is 1. The van der Waals surface area contributed by atoms with Gasteiger partial charge in [0.1, 0.15) is 0 Å². The number of carboxylic acid groups (broad SMARTS) is 1. The maximum Gasteiger partial charge on any atom is 0.337 e. The molecule has 4 heteroatoms. The molecule has 1 aromatic heterocycles. The fraction of sp³-hybridized carbons (Fsp3) is 0.400. The van der Waals surface area contributed by atoms with Crippen molar-refractivity contribution < 1.29 is 9.90 Å². The van der Waals surface area contributed by atoms with Crippen molar-refractivity contribution in [3.05, 3.63) is 29.6 Å². The summed E-state index contributed by atoms with van der Waals surface area (Å²) in [6, 6.07) is 1.40. The van der Waals surface area contributed by atoms with Crippen LogP contribution in [0, 0.1) is 5.92 Å². The first-order chi connectivity index (χ1) is 6.54. The van der Waals surface area contributed by atoms with Gasteiger partial charge < -0.3 is 10.8 Å². The smallest absolute Gasteiger partial charge is 0.337 e. The Labute approximate surface area is 82.8 Å². The number of hydrogen-bond acceptors (Lipinski definition) is 3. The van der Waals surface area contributed by atoms with E-state index in [1.54, 1.807) is 12.3 Å². The highest BCUT2D eigenvalue weighted by Crippen LogP contribution is 2.21. The van der Waals surface area contributed by atoms with E-state index in [0.29, 0.717) is 5.56 Å². The molecule has 1 atom stereocenters. The maximum atomic E-state index is 10.9. The molecule has 0 saturated heterocycles. The SMILES string of the molecule is CC(C)C(N)c1ccncc1C(=O)O. The molecule has 0 amide bonds. The van der Waals surface area contributed by atoms with Gasteiger partial charge in [-0.15, -0.1) is 0 Å². The number of carboxylic acids is 1. The van der Waals surface area contributed by atoms with E-state index >= 15 is 0 Å². The van der Waals surface area contributed by atoms with E-state index in [0.717, 1.165) is 0 Å². The summed E-state index contributed by atoms with van der Waals surface area (Å²) in [6.07, 6.45) is 2.89. The molecule has 1 heterocycles. The molecule has 3 N–H and O–H groups in total. The molecule has 1 unspecified atom stereocenters. The number of nitrogens with two attached hydrogens (primary N) is 1. The Morgan fingerprint density at radius 1 is 1.57 bits per heavy atom. The Bertz CT molecular complexity index is 337. The van der Waals surface area contributed by atoms with Gasteiger partial charge in [0.25, 0.3) is 0 Å². The van der Waals surface area contributed by atoms with E-state index in [1.165, 1.54) is 6.20 Å². The minimum absolute atomic E-state index is 0.189. The zero-order valence-electron chi connectivity index (χ0n) is 8.27. The largest absolute Gasteiger partial charge is 0.478 e. The Hall–Kier alpha value is -1.42. The monoisotopic (exact) mass is 194 g/mol. The number of hydrogen-bond donors (Lipinski definition) is 2. The second kappa shape index (κ2) is 4.19. The molecular formula is C10H14N2O2. The van der Waals surface area contributed by atoms with Gasteiger partial charge in [0.05, 0.1) is 5.56 Å². The molecule has 0 radical (unpaired) electrons. The minimum atomic E-state index is -0.982. The van der Waals surface area contributed by atoms with E-state index in [4.69, 9.17) is 10.8 Å². The predicted octanol–water partition coefficient (Wildman–Crippen LogP) is 1.44. The van der Waals surface area contributed by atoms with Gasteiger partial charge in [0.2, 0.25) is 0 Å². The molecule has 76 valence electrons. The lowest BCUT2D eigenvalue weighted by Crippen LogP contribution is -2.20. The molecule has 0 aliphatic heterocycles. The summed E-state index contributed by atoms with van der Waals surface area (Å²) in [5, 5.41) is 8.90. The van der Waals surface area contributed by atoms with Gasteiger partial charge in [-0.25, -0.2) is 4.79 Å². The minimum Gasteiger partial charge on any atom is -0.478 e. The first-order valence-electron chi connectivity index (χ1n) is 4.46. The molecule has 0 bridgehead atoms. The van der Waals surface area contributed by atoms with Crippen molar-refractivity contribution in [3.63, 3.8) is 0 Å². The van der Waals surface area contributed by atoms with Crippen LogP contribution in [0.3, 0.4) is 0 Å². The van der Waals surface area contributed by atoms with Crippen molar-refractivity contribution in [1.82, 2.24) is 4.98 Å². The number of aromatic carboxylic acids is 1. The fourth-order valence-electron chi connectivity index (χ4n) is 1.23. The summed E-state index contributed by atoms with van der Waals surface area (Å²) >= 11 is 0. The van der Waals surface area contributed by atoms with Crippen LogP contribution in [0.4, 0.5) is 0 Å². The van der Waals surface area contributed by atoms with Crippen molar-refractivity contribution >= 4 is 5.97 Å². The van der Waals surface area contributed by atoms with Crippen LogP contribution in [0.5, 0.6) is 0 Å². The first kappa shape index (κ1) is 10.7. The Kier molecular flexibility index (Phi) is 3.19. The third kappa shape index (κ3) is 2.09. The molecule has 0 spiro atoms. The molecule has 0 aliphatic rings. The summed E-state index contributed by atoms with van der Waals surface area (Å²) in [6.45, 7) is 3.91. The predicted molar refractivity (Wildman–Crippen MR) is 53.0 cm³/mol. The quantitative estimate of drug-likeness (QED) is 0.763. The zero-order chi connectivity index (χ0) is 10.7. The third-order valence-corrected chi connectivity index (χ3v) is 2.16. The molecular weight excluding hydrogens is 180 g/mol. The summed E-state index contributed by atoms with van der Waals surface area (Å²) in [4.78, 5) is 14.6. The number of nitrogens with zero attached hydrogens (tertiary/aromatic N) is 1. The van der Waals surface area contributed by atoms with Crippen molar-refractivity contribution in [2.75, 3.05) is 0 Å². The van der Waals surface area contributed by atoms with Crippen LogP contribution < -0.4 is 5.73 Å². The van der Waals surface area contributed by atoms with Gasteiger partial charge in [0, 0.05) is 18.4 Å². The van der Waals surface area contributed by atoms with Gasteiger partial charge in [-0.05, 0) is 17.5 Å². The van der Waals surface area contributed by atoms with Crippen LogP contribution in [0.2, 0.25) is 0 Å². The number of rotatable bonds is 3. The Balaban J connectivity index is 3.13. The Morgan fingerprint density at radius 2 is 2.21 bits per heavy atom. The van der Waals surface area contributed by atoms with Gasteiger partial charge in [-0.1, -0.05) is 13.8 Å². The molecule has 4 nitrogen and oxygen atoms in total. The average Bonchev–Trinajstić information content (AvgIpc) is 2.16. The van der Waals surface area contributed by atoms with E-state index in [1.807, 2.05) is 13.8 Å². The van der Waals surface area contributed by atoms with Crippen molar-refractivity contribution in [3.8, 4) is 0 Å². The summed E-state index contributed by atoms with van der Waals surface area (Å²) in [5.74, 6) is -0.778. The van der Waals surface area contributed by atoms with Crippen molar-refractivity contribution in [1.29, 1.82) is 0 Å². The van der Waals surface area contributed by atoms with Gasteiger partial charge >= 0.3 is 5.97 Å². The van der Waals surface area contributed by atoms with Gasteiger partial charge in [-0.2, -0.15) is 0 Å². The highest BCUT2D eigenvalue weighted by atomic mass is 16.4. The standard InChI is InChI=1S/C10H14N2O2/c1-6(2)9(11)7-3-4-12-5-8(7)10(13)14/h3-6,9H,11H2,1-2H3,(H,13,14). The molecule has 14 heavy (non-hydrogen) atoms. The van der Waals surface area contributed by atoms with Gasteiger partial charge in [-0.3, -0.25) is 4.98 Å². The lowest BCUT2D eigenvalue weighted by Gasteiger charge is -2.17. The van der Waals surface area contributed by atoms with E-state index in [9.17, 15) is 4.79 Å². The van der Waals surface area contributed by atoms with Crippen LogP contribution in [-0.2, 0) is 0 Å². The average molecular weight is 194 g/mol. The molecule has 0 aromatic carbocycles. The van der Waals surface area contributed by atoms with E-state index < -0.39 is 5.97 Å². The molecule has 0 aliphatic carbocycles. The molecule has 1 aromatic rings. The lowest BCUT2D eigenvalue weighted by molar-refractivity contribution is 0.0694. The maximum absolute atomic E-state index is 10.9. The topological polar surface area (TPSA) is 76.2 Å². The molecule has 0 fully saturated rings. The van der Waals surface area contributed by atoms with Crippen LogP contribution in [0.15, 0.2) is 18.5 Å².